The highest BCUT2D eigenvalue weighted by Gasteiger charge is 2.34. The summed E-state index contributed by atoms with van der Waals surface area (Å²) in [5.41, 5.74) is 4.58. The molecule has 0 saturated heterocycles. The zero-order valence-electron chi connectivity index (χ0n) is 10.5. The number of nitrogen functional groups attached to an aromatic ring is 1. The standard InChI is InChI=1S/C14H10ClF4NO/c15-12-3-1-9(16)5-8(12)7-21-13-4-2-10(20)6-11(13)14(17,18)19/h1-6H,7,20H2. The molecule has 2 rings (SSSR count). The van der Waals surface area contributed by atoms with E-state index in [0.29, 0.717) is 0 Å². The highest BCUT2D eigenvalue weighted by atomic mass is 35.5. The minimum atomic E-state index is -4.60. The molecule has 0 unspecified atom stereocenters. The second kappa shape index (κ2) is 5.81. The van der Waals surface area contributed by atoms with Crippen molar-refractivity contribution in [3.05, 3.63) is 58.4 Å². The Labute approximate surface area is 123 Å². The van der Waals surface area contributed by atoms with E-state index in [1.54, 1.807) is 0 Å². The van der Waals surface area contributed by atoms with Gasteiger partial charge in [0.05, 0.1) is 5.56 Å². The molecule has 0 fully saturated rings. The van der Waals surface area contributed by atoms with Crippen molar-refractivity contribution >= 4 is 17.3 Å². The summed E-state index contributed by atoms with van der Waals surface area (Å²) in [6.45, 7) is -0.288. The van der Waals surface area contributed by atoms with Gasteiger partial charge in [-0.3, -0.25) is 0 Å². The molecular weight excluding hydrogens is 310 g/mol. The first kappa shape index (κ1) is 15.4. The summed E-state index contributed by atoms with van der Waals surface area (Å²) in [6.07, 6.45) is -4.60. The molecule has 0 saturated carbocycles. The van der Waals surface area contributed by atoms with Crippen LogP contribution in [0.3, 0.4) is 0 Å². The van der Waals surface area contributed by atoms with Crippen LogP contribution in [0.2, 0.25) is 5.02 Å². The van der Waals surface area contributed by atoms with Crippen molar-refractivity contribution in [2.24, 2.45) is 0 Å². The second-order valence-electron chi connectivity index (χ2n) is 4.28. The van der Waals surface area contributed by atoms with E-state index >= 15 is 0 Å². The molecule has 2 aromatic carbocycles. The Morgan fingerprint density at radius 1 is 1.10 bits per heavy atom. The highest BCUT2D eigenvalue weighted by Crippen LogP contribution is 2.37. The van der Waals surface area contributed by atoms with Crippen LogP contribution >= 0.6 is 11.6 Å². The van der Waals surface area contributed by atoms with Crippen molar-refractivity contribution in [3.8, 4) is 5.75 Å². The molecule has 0 radical (unpaired) electrons. The van der Waals surface area contributed by atoms with Crippen LogP contribution in [-0.4, -0.2) is 0 Å². The minimum absolute atomic E-state index is 0.0292. The van der Waals surface area contributed by atoms with E-state index in [1.165, 1.54) is 12.1 Å². The van der Waals surface area contributed by atoms with Crippen LogP contribution in [0.25, 0.3) is 0 Å². The molecule has 7 heteroatoms. The first-order valence-corrected chi connectivity index (χ1v) is 6.18. The molecule has 0 atom stereocenters. The van der Waals surface area contributed by atoms with Gasteiger partial charge in [0.1, 0.15) is 18.2 Å². The number of anilines is 1. The minimum Gasteiger partial charge on any atom is -0.488 e. The Hall–Kier alpha value is -1.95. The lowest BCUT2D eigenvalue weighted by Crippen LogP contribution is -2.09. The van der Waals surface area contributed by atoms with Crippen molar-refractivity contribution in [3.63, 3.8) is 0 Å². The summed E-state index contributed by atoms with van der Waals surface area (Å²) < 4.78 is 56.8. The summed E-state index contributed by atoms with van der Waals surface area (Å²) >= 11 is 5.83. The van der Waals surface area contributed by atoms with E-state index in [9.17, 15) is 17.6 Å². The molecule has 0 aromatic heterocycles. The zero-order chi connectivity index (χ0) is 15.6. The van der Waals surface area contributed by atoms with Crippen molar-refractivity contribution in [1.82, 2.24) is 0 Å². The number of hydrogen-bond donors (Lipinski definition) is 1. The maximum absolute atomic E-state index is 13.1. The molecule has 0 bridgehead atoms. The van der Waals surface area contributed by atoms with Gasteiger partial charge in [0.2, 0.25) is 0 Å². The van der Waals surface area contributed by atoms with Gasteiger partial charge in [0.15, 0.2) is 0 Å². The lowest BCUT2D eigenvalue weighted by molar-refractivity contribution is -0.139. The van der Waals surface area contributed by atoms with E-state index in [-0.39, 0.29) is 22.9 Å². The third-order valence-corrected chi connectivity index (χ3v) is 3.07. The van der Waals surface area contributed by atoms with Crippen molar-refractivity contribution in [1.29, 1.82) is 0 Å². The molecule has 0 spiro atoms. The Kier molecular flexibility index (Phi) is 4.27. The number of hydrogen-bond acceptors (Lipinski definition) is 2. The number of nitrogens with two attached hydrogens (primary N) is 1. The summed E-state index contributed by atoms with van der Waals surface area (Å²) in [5, 5.41) is 0.209. The quantitative estimate of drug-likeness (QED) is 0.659. The van der Waals surface area contributed by atoms with Crippen LogP contribution in [0.5, 0.6) is 5.75 Å². The highest BCUT2D eigenvalue weighted by molar-refractivity contribution is 6.31. The zero-order valence-corrected chi connectivity index (χ0v) is 11.3. The maximum atomic E-state index is 13.1. The molecule has 21 heavy (non-hydrogen) atoms. The smallest absolute Gasteiger partial charge is 0.420 e. The summed E-state index contributed by atoms with van der Waals surface area (Å²) in [7, 11) is 0. The normalized spacial score (nSPS) is 11.5. The van der Waals surface area contributed by atoms with E-state index in [0.717, 1.165) is 24.3 Å². The predicted octanol–water partition coefficient (Wildman–Crippen LogP) is 4.66. The average molecular weight is 320 g/mol. The number of alkyl halides is 3. The van der Waals surface area contributed by atoms with Crippen molar-refractivity contribution < 1.29 is 22.3 Å². The summed E-state index contributed by atoms with van der Waals surface area (Å²) in [5.74, 6) is -0.941. The number of benzene rings is 2. The fourth-order valence-electron chi connectivity index (χ4n) is 1.70. The van der Waals surface area contributed by atoms with Gasteiger partial charge >= 0.3 is 6.18 Å². The molecule has 0 aliphatic carbocycles. The SMILES string of the molecule is Nc1ccc(OCc2cc(F)ccc2Cl)c(C(F)(F)F)c1. The Morgan fingerprint density at radius 2 is 1.81 bits per heavy atom. The molecular formula is C14H10ClF4NO. The van der Waals surface area contributed by atoms with E-state index < -0.39 is 23.3 Å². The molecule has 0 amide bonds. The van der Waals surface area contributed by atoms with E-state index in [4.69, 9.17) is 22.1 Å². The third kappa shape index (κ3) is 3.78. The topological polar surface area (TPSA) is 35.2 Å². The van der Waals surface area contributed by atoms with Gasteiger partial charge in [0, 0.05) is 16.3 Å². The van der Waals surface area contributed by atoms with Gasteiger partial charge in [-0.25, -0.2) is 4.39 Å². The van der Waals surface area contributed by atoms with E-state index in [2.05, 4.69) is 0 Å². The fraction of sp³-hybridized carbons (Fsp3) is 0.143. The van der Waals surface area contributed by atoms with Crippen LogP contribution in [0.4, 0.5) is 23.2 Å². The number of halogens is 5. The predicted molar refractivity (Wildman–Crippen MR) is 71.6 cm³/mol. The lowest BCUT2D eigenvalue weighted by atomic mass is 10.1. The van der Waals surface area contributed by atoms with Crippen LogP contribution < -0.4 is 10.5 Å². The molecule has 2 nitrogen and oxygen atoms in total. The molecule has 0 aliphatic heterocycles. The van der Waals surface area contributed by atoms with Crippen LogP contribution in [-0.2, 0) is 12.8 Å². The van der Waals surface area contributed by atoms with Crippen LogP contribution in [0, 0.1) is 5.82 Å². The average Bonchev–Trinajstić information content (AvgIpc) is 2.40. The van der Waals surface area contributed by atoms with Gasteiger partial charge in [-0.15, -0.1) is 0 Å². The van der Waals surface area contributed by atoms with Gasteiger partial charge in [-0.05, 0) is 36.4 Å². The maximum Gasteiger partial charge on any atom is 0.420 e. The van der Waals surface area contributed by atoms with E-state index in [1.807, 2.05) is 0 Å². The van der Waals surface area contributed by atoms with Crippen molar-refractivity contribution in [2.45, 2.75) is 12.8 Å². The Balaban J connectivity index is 2.26. The van der Waals surface area contributed by atoms with Gasteiger partial charge < -0.3 is 10.5 Å². The van der Waals surface area contributed by atoms with Gasteiger partial charge in [0.25, 0.3) is 0 Å². The van der Waals surface area contributed by atoms with Crippen molar-refractivity contribution in [2.75, 3.05) is 5.73 Å². The molecule has 0 aliphatic rings. The first-order chi connectivity index (χ1) is 9.77. The molecule has 2 aromatic rings. The Morgan fingerprint density at radius 3 is 2.48 bits per heavy atom. The molecule has 112 valence electrons. The van der Waals surface area contributed by atoms with Gasteiger partial charge in [-0.2, -0.15) is 13.2 Å². The summed E-state index contributed by atoms with van der Waals surface area (Å²) in [6, 6.07) is 6.75. The number of ether oxygens (including phenoxy) is 1. The van der Waals surface area contributed by atoms with Gasteiger partial charge in [-0.1, -0.05) is 11.6 Å². The largest absolute Gasteiger partial charge is 0.488 e. The lowest BCUT2D eigenvalue weighted by Gasteiger charge is -2.15. The second-order valence-corrected chi connectivity index (χ2v) is 4.68. The number of rotatable bonds is 3. The van der Waals surface area contributed by atoms with Crippen LogP contribution in [0.1, 0.15) is 11.1 Å². The fourth-order valence-corrected chi connectivity index (χ4v) is 1.88. The molecule has 2 N–H and O–H groups in total. The summed E-state index contributed by atoms with van der Waals surface area (Å²) in [4.78, 5) is 0. The first-order valence-electron chi connectivity index (χ1n) is 5.81. The van der Waals surface area contributed by atoms with Crippen LogP contribution in [0.15, 0.2) is 36.4 Å². The Bertz CT molecular complexity index is 658. The molecule has 0 heterocycles. The third-order valence-electron chi connectivity index (χ3n) is 2.70. The monoisotopic (exact) mass is 319 g/mol.